The van der Waals surface area contributed by atoms with E-state index in [1.165, 1.54) is 24.5 Å². The first-order chi connectivity index (χ1) is 14.1. The molecule has 0 saturated heterocycles. The molecule has 0 spiro atoms. The van der Waals surface area contributed by atoms with Crippen molar-refractivity contribution in [3.63, 3.8) is 0 Å². The molecule has 29 heavy (non-hydrogen) atoms. The number of hydrogen-bond acceptors (Lipinski definition) is 5. The maximum Gasteiger partial charge on any atom is 0.341 e. The van der Waals surface area contributed by atoms with Crippen molar-refractivity contribution in [1.82, 2.24) is 0 Å². The summed E-state index contributed by atoms with van der Waals surface area (Å²) in [4.78, 5) is 23.5. The molecule has 0 aliphatic rings. The maximum absolute atomic E-state index is 12.8. The quantitative estimate of drug-likeness (QED) is 0.515. The Labute approximate surface area is 165 Å². The van der Waals surface area contributed by atoms with E-state index in [9.17, 15) is 9.59 Å². The molecule has 0 atom stereocenters. The number of ether oxygens (including phenoxy) is 2. The van der Waals surface area contributed by atoms with Crippen molar-refractivity contribution >= 4 is 16.9 Å². The smallest absolute Gasteiger partial charge is 0.341 e. The van der Waals surface area contributed by atoms with E-state index in [0.717, 1.165) is 11.1 Å². The molecule has 3 aromatic carbocycles. The predicted molar refractivity (Wildman–Crippen MR) is 108 cm³/mol. The standard InChI is InChI=1S/C23H16O6/c24-22(25)14-27-16-10-11-18-20(12-16)28-13-21(23(18)26)29-19-9-5-4-8-17(19)15-6-2-1-3-7-15/h1-13H,14H2,(H,24,25). The molecule has 1 heterocycles. The van der Waals surface area contributed by atoms with Crippen LogP contribution in [0.15, 0.2) is 88.3 Å². The largest absolute Gasteiger partial charge is 0.482 e. The summed E-state index contributed by atoms with van der Waals surface area (Å²) in [6.45, 7) is -0.479. The highest BCUT2D eigenvalue weighted by atomic mass is 16.5. The summed E-state index contributed by atoms with van der Waals surface area (Å²) in [6, 6.07) is 21.7. The summed E-state index contributed by atoms with van der Waals surface area (Å²) in [5, 5.41) is 9.01. The first kappa shape index (κ1) is 18.3. The molecule has 0 amide bonds. The monoisotopic (exact) mass is 388 g/mol. The van der Waals surface area contributed by atoms with Crippen molar-refractivity contribution in [2.75, 3.05) is 6.61 Å². The number of benzene rings is 3. The summed E-state index contributed by atoms with van der Waals surface area (Å²) >= 11 is 0. The Morgan fingerprint density at radius 2 is 1.69 bits per heavy atom. The van der Waals surface area contributed by atoms with Gasteiger partial charge in [-0.2, -0.15) is 0 Å². The second-order valence-corrected chi connectivity index (χ2v) is 6.23. The molecule has 4 aromatic rings. The van der Waals surface area contributed by atoms with Crippen LogP contribution in [0.4, 0.5) is 0 Å². The van der Waals surface area contributed by atoms with Crippen molar-refractivity contribution in [3.8, 4) is 28.4 Å². The van der Waals surface area contributed by atoms with E-state index in [1.807, 2.05) is 48.5 Å². The number of aliphatic carboxylic acids is 1. The summed E-state index contributed by atoms with van der Waals surface area (Å²) in [7, 11) is 0. The first-order valence-electron chi connectivity index (χ1n) is 8.84. The normalized spacial score (nSPS) is 10.6. The second-order valence-electron chi connectivity index (χ2n) is 6.23. The fourth-order valence-corrected chi connectivity index (χ4v) is 2.93. The van der Waals surface area contributed by atoms with Gasteiger partial charge in [-0.3, -0.25) is 4.79 Å². The SMILES string of the molecule is O=C(O)COc1ccc2c(=O)c(Oc3ccccc3-c3ccccc3)coc2c1. The molecule has 1 N–H and O–H groups in total. The van der Waals surface area contributed by atoms with Crippen LogP contribution >= 0.6 is 0 Å². The highest BCUT2D eigenvalue weighted by molar-refractivity contribution is 5.79. The van der Waals surface area contributed by atoms with Crippen LogP contribution in [-0.4, -0.2) is 17.7 Å². The Morgan fingerprint density at radius 3 is 2.48 bits per heavy atom. The average Bonchev–Trinajstić information content (AvgIpc) is 2.75. The van der Waals surface area contributed by atoms with E-state index in [4.69, 9.17) is 19.0 Å². The van der Waals surface area contributed by atoms with Gasteiger partial charge in [0.15, 0.2) is 6.61 Å². The molecule has 1 aromatic heterocycles. The third-order valence-electron chi connectivity index (χ3n) is 4.27. The lowest BCUT2D eigenvalue weighted by Crippen LogP contribution is -2.10. The van der Waals surface area contributed by atoms with Crippen LogP contribution in [-0.2, 0) is 4.79 Å². The molecule has 0 radical (unpaired) electrons. The number of fused-ring (bicyclic) bond motifs is 1. The Kier molecular flexibility index (Phi) is 4.99. The maximum atomic E-state index is 12.8. The molecule has 6 nitrogen and oxygen atoms in total. The minimum absolute atomic E-state index is 0.0556. The third kappa shape index (κ3) is 3.96. The number of carboxylic acids is 1. The predicted octanol–water partition coefficient (Wildman–Crippen LogP) is 4.72. The highest BCUT2D eigenvalue weighted by Crippen LogP contribution is 2.32. The van der Waals surface area contributed by atoms with Gasteiger partial charge >= 0.3 is 5.97 Å². The van der Waals surface area contributed by atoms with Crippen molar-refractivity contribution in [2.24, 2.45) is 0 Å². The molecule has 0 saturated carbocycles. The lowest BCUT2D eigenvalue weighted by atomic mass is 10.1. The molecule has 144 valence electrons. The van der Waals surface area contributed by atoms with Crippen molar-refractivity contribution in [3.05, 3.63) is 89.3 Å². The second kappa shape index (κ2) is 7.90. The summed E-state index contributed by atoms with van der Waals surface area (Å²) in [5.74, 6) is -0.203. The summed E-state index contributed by atoms with van der Waals surface area (Å²) in [6.07, 6.45) is 1.24. The molecule has 0 bridgehead atoms. The van der Waals surface area contributed by atoms with Crippen LogP contribution in [0.2, 0.25) is 0 Å². The fourth-order valence-electron chi connectivity index (χ4n) is 2.93. The van der Waals surface area contributed by atoms with Gasteiger partial charge in [0.2, 0.25) is 11.2 Å². The number of para-hydroxylation sites is 1. The molecule has 0 fully saturated rings. The van der Waals surface area contributed by atoms with E-state index < -0.39 is 12.6 Å². The Bertz CT molecular complexity index is 1230. The van der Waals surface area contributed by atoms with E-state index in [0.29, 0.717) is 16.9 Å². The average molecular weight is 388 g/mol. The van der Waals surface area contributed by atoms with Crippen LogP contribution in [0.3, 0.4) is 0 Å². The Balaban J connectivity index is 1.68. The van der Waals surface area contributed by atoms with Crippen LogP contribution in [0.1, 0.15) is 0 Å². The number of hydrogen-bond donors (Lipinski definition) is 1. The summed E-state index contributed by atoms with van der Waals surface area (Å²) in [5.41, 5.74) is 1.76. The van der Waals surface area contributed by atoms with Crippen LogP contribution in [0.5, 0.6) is 17.2 Å². The van der Waals surface area contributed by atoms with E-state index in [1.54, 1.807) is 6.07 Å². The molecular formula is C23H16O6. The molecule has 4 rings (SSSR count). The minimum atomic E-state index is -1.09. The molecule has 6 heteroatoms. The number of carbonyl (C=O) groups is 1. The topological polar surface area (TPSA) is 86.0 Å². The van der Waals surface area contributed by atoms with Crippen molar-refractivity contribution in [2.45, 2.75) is 0 Å². The lowest BCUT2D eigenvalue weighted by Gasteiger charge is -2.11. The molecule has 0 unspecified atom stereocenters. The van der Waals surface area contributed by atoms with Gasteiger partial charge in [-0.05, 0) is 23.8 Å². The fraction of sp³-hybridized carbons (Fsp3) is 0.0435. The van der Waals surface area contributed by atoms with Gasteiger partial charge in [0.1, 0.15) is 23.3 Å². The highest BCUT2D eigenvalue weighted by Gasteiger charge is 2.13. The van der Waals surface area contributed by atoms with E-state index >= 15 is 0 Å². The number of carboxylic acid groups (broad SMARTS) is 1. The van der Waals surface area contributed by atoms with E-state index in [2.05, 4.69) is 0 Å². The zero-order valence-electron chi connectivity index (χ0n) is 15.2. The minimum Gasteiger partial charge on any atom is -0.482 e. The van der Waals surface area contributed by atoms with Crippen LogP contribution in [0.25, 0.3) is 22.1 Å². The van der Waals surface area contributed by atoms with Gasteiger partial charge in [0.05, 0.1) is 5.39 Å². The molecular weight excluding hydrogens is 372 g/mol. The van der Waals surface area contributed by atoms with Gasteiger partial charge in [-0.25, -0.2) is 4.79 Å². The van der Waals surface area contributed by atoms with Crippen molar-refractivity contribution < 1.29 is 23.8 Å². The van der Waals surface area contributed by atoms with Gasteiger partial charge in [-0.1, -0.05) is 48.5 Å². The van der Waals surface area contributed by atoms with E-state index in [-0.39, 0.29) is 16.8 Å². The molecule has 0 aliphatic heterocycles. The van der Waals surface area contributed by atoms with Crippen LogP contribution in [0, 0.1) is 0 Å². The lowest BCUT2D eigenvalue weighted by molar-refractivity contribution is -0.139. The third-order valence-corrected chi connectivity index (χ3v) is 4.27. The Morgan fingerprint density at radius 1 is 0.931 bits per heavy atom. The first-order valence-corrected chi connectivity index (χ1v) is 8.84. The van der Waals surface area contributed by atoms with Crippen LogP contribution < -0.4 is 14.9 Å². The van der Waals surface area contributed by atoms with Gasteiger partial charge < -0.3 is 19.0 Å². The van der Waals surface area contributed by atoms with Crippen molar-refractivity contribution in [1.29, 1.82) is 0 Å². The van der Waals surface area contributed by atoms with Gasteiger partial charge in [0.25, 0.3) is 0 Å². The van der Waals surface area contributed by atoms with Gasteiger partial charge in [-0.15, -0.1) is 0 Å². The zero-order chi connectivity index (χ0) is 20.2. The van der Waals surface area contributed by atoms with Gasteiger partial charge in [0, 0.05) is 11.6 Å². The summed E-state index contributed by atoms with van der Waals surface area (Å²) < 4.78 is 16.5. The molecule has 0 aliphatic carbocycles. The Hall–Kier alpha value is -4.06. The number of rotatable bonds is 6. The zero-order valence-corrected chi connectivity index (χ0v) is 15.2.